The van der Waals surface area contributed by atoms with E-state index < -0.39 is 17.7 Å². The summed E-state index contributed by atoms with van der Waals surface area (Å²) in [7, 11) is 3.13. The number of aliphatic hydroxyl groups is 1. The lowest BCUT2D eigenvalue weighted by atomic mass is 9.94. The lowest BCUT2D eigenvalue weighted by molar-refractivity contribution is -0.140. The number of para-hydroxylation sites is 1. The van der Waals surface area contributed by atoms with Gasteiger partial charge >= 0.3 is 0 Å². The number of amides is 1. The Kier molecular flexibility index (Phi) is 7.53. The summed E-state index contributed by atoms with van der Waals surface area (Å²) in [4.78, 5) is 27.6. The zero-order valence-corrected chi connectivity index (χ0v) is 18.8. The average molecular weight is 440 g/mol. The van der Waals surface area contributed by atoms with Crippen LogP contribution in [0, 0.1) is 0 Å². The van der Waals surface area contributed by atoms with Crippen LogP contribution in [0.15, 0.2) is 54.1 Å². The van der Waals surface area contributed by atoms with E-state index >= 15 is 0 Å². The number of hydrogen-bond acceptors (Lipinski definition) is 6. The molecule has 0 aromatic heterocycles. The van der Waals surface area contributed by atoms with Gasteiger partial charge in [-0.2, -0.15) is 0 Å². The molecule has 1 atom stereocenters. The minimum Gasteiger partial charge on any atom is -0.507 e. The molecule has 2 aromatic carbocycles. The molecule has 0 bridgehead atoms. The minimum absolute atomic E-state index is 0.0392. The van der Waals surface area contributed by atoms with E-state index in [1.807, 2.05) is 32.0 Å². The van der Waals surface area contributed by atoms with E-state index in [-0.39, 0.29) is 17.4 Å². The number of benzene rings is 2. The van der Waals surface area contributed by atoms with Gasteiger partial charge in [0, 0.05) is 31.4 Å². The number of Topliss-reactive ketones (excluding diaryl/α,β-unsaturated/α-hetero) is 1. The molecular weight excluding hydrogens is 410 g/mol. The number of nitrogens with zero attached hydrogens (tertiary/aromatic N) is 1. The van der Waals surface area contributed by atoms with Gasteiger partial charge < -0.3 is 24.2 Å². The lowest BCUT2D eigenvalue weighted by Crippen LogP contribution is -2.31. The van der Waals surface area contributed by atoms with Crippen LogP contribution in [0.5, 0.6) is 11.5 Å². The molecule has 7 heteroatoms. The number of carbonyl (C=O) groups excluding carboxylic acids is 2. The van der Waals surface area contributed by atoms with Gasteiger partial charge in [-0.1, -0.05) is 18.2 Å². The predicted octanol–water partition coefficient (Wildman–Crippen LogP) is 3.94. The van der Waals surface area contributed by atoms with Gasteiger partial charge in [0.25, 0.3) is 11.7 Å². The van der Waals surface area contributed by atoms with Crippen LogP contribution >= 0.6 is 0 Å². The second-order valence-electron chi connectivity index (χ2n) is 7.77. The van der Waals surface area contributed by atoms with Crippen molar-refractivity contribution in [2.45, 2.75) is 32.4 Å². The van der Waals surface area contributed by atoms with Gasteiger partial charge in [-0.25, -0.2) is 0 Å². The molecule has 1 fully saturated rings. The lowest BCUT2D eigenvalue weighted by Gasteiger charge is -2.27. The highest BCUT2D eigenvalue weighted by molar-refractivity contribution is 6.46. The summed E-state index contributed by atoms with van der Waals surface area (Å²) < 4.78 is 16.3. The van der Waals surface area contributed by atoms with Crippen LogP contribution in [0.3, 0.4) is 0 Å². The van der Waals surface area contributed by atoms with Crippen LogP contribution in [0.25, 0.3) is 5.76 Å². The largest absolute Gasteiger partial charge is 0.507 e. The van der Waals surface area contributed by atoms with Crippen LogP contribution in [0.4, 0.5) is 0 Å². The highest BCUT2D eigenvalue weighted by Gasteiger charge is 2.46. The Morgan fingerprint density at radius 1 is 1.06 bits per heavy atom. The molecular formula is C25H29NO6. The fourth-order valence-electron chi connectivity index (χ4n) is 3.79. The molecule has 1 aliphatic rings. The number of ketones is 1. The third kappa shape index (κ3) is 4.78. The number of hydrogen-bond donors (Lipinski definition) is 1. The van der Waals surface area contributed by atoms with Crippen LogP contribution < -0.4 is 9.47 Å². The monoisotopic (exact) mass is 439 g/mol. The molecule has 170 valence electrons. The third-order valence-electron chi connectivity index (χ3n) is 5.23. The van der Waals surface area contributed by atoms with Crippen molar-refractivity contribution in [1.29, 1.82) is 0 Å². The fourth-order valence-corrected chi connectivity index (χ4v) is 3.79. The topological polar surface area (TPSA) is 85.3 Å². The van der Waals surface area contributed by atoms with Crippen LogP contribution in [-0.2, 0) is 14.3 Å². The molecule has 1 saturated heterocycles. The van der Waals surface area contributed by atoms with Crippen molar-refractivity contribution >= 4 is 17.4 Å². The highest BCUT2D eigenvalue weighted by Crippen LogP contribution is 2.43. The summed E-state index contributed by atoms with van der Waals surface area (Å²) in [6.45, 7) is 4.56. The predicted molar refractivity (Wildman–Crippen MR) is 121 cm³/mol. The maximum atomic E-state index is 13.1. The SMILES string of the molecule is COCCCN1C(=O)C(=O)/C(=C(\O)c2ccc(OC)cc2)C1c1ccccc1OC(C)C. The second kappa shape index (κ2) is 10.3. The van der Waals surface area contributed by atoms with Gasteiger partial charge in [0.05, 0.1) is 24.8 Å². The van der Waals surface area contributed by atoms with Crippen molar-refractivity contribution in [3.05, 3.63) is 65.2 Å². The van der Waals surface area contributed by atoms with E-state index in [9.17, 15) is 14.7 Å². The number of carbonyl (C=O) groups is 2. The zero-order chi connectivity index (χ0) is 23.3. The molecule has 3 rings (SSSR count). The standard InChI is InChI=1S/C25H29NO6/c1-16(2)32-20-9-6-5-8-19(20)22-21(23(27)17-10-12-18(31-4)13-11-17)24(28)25(29)26(22)14-7-15-30-3/h5-6,8-13,16,22,27H,7,14-15H2,1-4H3/b23-21-. The van der Waals surface area contributed by atoms with E-state index in [2.05, 4.69) is 0 Å². The normalized spacial score (nSPS) is 17.8. The molecule has 1 amide bonds. The van der Waals surface area contributed by atoms with Crippen LogP contribution in [-0.4, -0.2) is 55.2 Å². The first-order chi connectivity index (χ1) is 15.4. The van der Waals surface area contributed by atoms with Crippen molar-refractivity contribution in [2.24, 2.45) is 0 Å². The van der Waals surface area contributed by atoms with Gasteiger partial charge in [0.1, 0.15) is 17.3 Å². The first-order valence-corrected chi connectivity index (χ1v) is 10.6. The van der Waals surface area contributed by atoms with E-state index in [1.165, 1.54) is 4.90 Å². The summed E-state index contributed by atoms with van der Waals surface area (Å²) in [5, 5.41) is 11.1. The Labute approximate surface area is 188 Å². The average Bonchev–Trinajstić information content (AvgIpc) is 3.03. The van der Waals surface area contributed by atoms with Gasteiger partial charge in [-0.05, 0) is 50.6 Å². The summed E-state index contributed by atoms with van der Waals surface area (Å²) in [5.41, 5.74) is 1.11. The number of likely N-dealkylation sites (tertiary alicyclic amines) is 1. The maximum absolute atomic E-state index is 13.1. The molecule has 0 radical (unpaired) electrons. The van der Waals surface area contributed by atoms with Gasteiger partial charge in [0.15, 0.2) is 0 Å². The molecule has 0 aliphatic carbocycles. The molecule has 7 nitrogen and oxygen atoms in total. The Morgan fingerprint density at radius 3 is 2.38 bits per heavy atom. The smallest absolute Gasteiger partial charge is 0.295 e. The van der Waals surface area contributed by atoms with Crippen LogP contribution in [0.2, 0.25) is 0 Å². The van der Waals surface area contributed by atoms with Gasteiger partial charge in [-0.15, -0.1) is 0 Å². The van der Waals surface area contributed by atoms with E-state index in [0.29, 0.717) is 42.2 Å². The Hall–Kier alpha value is -3.32. The molecule has 0 spiro atoms. The summed E-state index contributed by atoms with van der Waals surface area (Å²) in [5.74, 6) is -0.425. The molecule has 1 unspecified atom stereocenters. The van der Waals surface area contributed by atoms with Crippen molar-refractivity contribution in [1.82, 2.24) is 4.90 Å². The van der Waals surface area contributed by atoms with Gasteiger partial charge in [0.2, 0.25) is 0 Å². The van der Waals surface area contributed by atoms with Crippen molar-refractivity contribution in [3.8, 4) is 11.5 Å². The number of aliphatic hydroxyl groups excluding tert-OH is 1. The minimum atomic E-state index is -0.774. The number of rotatable bonds is 9. The number of ether oxygens (including phenoxy) is 3. The second-order valence-corrected chi connectivity index (χ2v) is 7.77. The fraction of sp³-hybridized carbons (Fsp3) is 0.360. The summed E-state index contributed by atoms with van der Waals surface area (Å²) in [6.07, 6.45) is 0.448. The van der Waals surface area contributed by atoms with E-state index in [1.54, 1.807) is 44.6 Å². The highest BCUT2D eigenvalue weighted by atomic mass is 16.5. The summed E-state index contributed by atoms with van der Waals surface area (Å²) >= 11 is 0. The Balaban J connectivity index is 2.15. The van der Waals surface area contributed by atoms with Crippen molar-refractivity contribution in [2.75, 3.05) is 27.4 Å². The quantitative estimate of drug-likeness (QED) is 0.276. The third-order valence-corrected chi connectivity index (χ3v) is 5.23. The van der Waals surface area contributed by atoms with E-state index in [4.69, 9.17) is 14.2 Å². The first-order valence-electron chi connectivity index (χ1n) is 10.6. The maximum Gasteiger partial charge on any atom is 0.295 e. The molecule has 0 saturated carbocycles. The van der Waals surface area contributed by atoms with E-state index in [0.717, 1.165) is 0 Å². The Bertz CT molecular complexity index is 996. The molecule has 32 heavy (non-hydrogen) atoms. The molecule has 1 N–H and O–H groups in total. The number of methoxy groups -OCH3 is 2. The Morgan fingerprint density at radius 2 is 1.75 bits per heavy atom. The van der Waals surface area contributed by atoms with Crippen LogP contribution in [0.1, 0.15) is 37.4 Å². The molecule has 1 heterocycles. The van der Waals surface area contributed by atoms with Gasteiger partial charge in [-0.3, -0.25) is 9.59 Å². The first kappa shape index (κ1) is 23.3. The molecule has 2 aromatic rings. The van der Waals surface area contributed by atoms with Crippen molar-refractivity contribution in [3.63, 3.8) is 0 Å². The molecule has 1 aliphatic heterocycles. The zero-order valence-electron chi connectivity index (χ0n) is 18.8. The van der Waals surface area contributed by atoms with Crippen molar-refractivity contribution < 1.29 is 28.9 Å². The summed E-state index contributed by atoms with van der Waals surface area (Å²) in [6, 6.07) is 13.2.